The van der Waals surface area contributed by atoms with E-state index in [0.29, 0.717) is 11.3 Å². The lowest BCUT2D eigenvalue weighted by molar-refractivity contribution is 0.270. The Balaban J connectivity index is 2.93. The lowest BCUT2D eigenvalue weighted by Gasteiger charge is -2.25. The van der Waals surface area contributed by atoms with E-state index >= 15 is 0 Å². The summed E-state index contributed by atoms with van der Waals surface area (Å²) in [6, 6.07) is 6.80. The fourth-order valence-electron chi connectivity index (χ4n) is 1.65. The molecule has 102 valence electrons. The highest BCUT2D eigenvalue weighted by molar-refractivity contribution is 7.91. The van der Waals surface area contributed by atoms with Crippen LogP contribution in [0, 0.1) is 0 Å². The van der Waals surface area contributed by atoms with Crippen LogP contribution in [-0.4, -0.2) is 39.0 Å². The van der Waals surface area contributed by atoms with E-state index in [1.165, 1.54) is 0 Å². The first-order valence-corrected chi connectivity index (χ1v) is 7.74. The number of likely N-dealkylation sites (N-methyl/N-ethyl adjacent to an activating group) is 1. The van der Waals surface area contributed by atoms with Crippen LogP contribution in [0.15, 0.2) is 29.2 Å². The monoisotopic (exact) mass is 271 g/mol. The average molecular weight is 271 g/mol. The fraction of sp³-hybridized carbons (Fsp3) is 0.538. The molecule has 1 aromatic rings. The van der Waals surface area contributed by atoms with Gasteiger partial charge in [-0.25, -0.2) is 8.42 Å². The molecule has 18 heavy (non-hydrogen) atoms. The Kier molecular flexibility index (Phi) is 5.16. The summed E-state index contributed by atoms with van der Waals surface area (Å²) in [5.41, 5.74) is 0.895. The van der Waals surface area contributed by atoms with Gasteiger partial charge in [-0.05, 0) is 37.6 Å². The van der Waals surface area contributed by atoms with Crippen molar-refractivity contribution < 1.29 is 13.5 Å². The highest BCUT2D eigenvalue weighted by Gasteiger charge is 2.14. The number of aliphatic hydroxyl groups is 1. The number of rotatable bonds is 6. The summed E-state index contributed by atoms with van der Waals surface area (Å²) in [4.78, 5) is 2.27. The van der Waals surface area contributed by atoms with Crippen LogP contribution >= 0.6 is 0 Å². The standard InChI is InChI=1S/C13H21NO3S/c1-4-9-18(16,17)13-7-5-12(6-8-13)14(3)11(2)10-15/h5-8,11,15H,4,9-10H2,1-3H3. The normalized spacial score (nSPS) is 13.3. The minimum Gasteiger partial charge on any atom is -0.394 e. The summed E-state index contributed by atoms with van der Waals surface area (Å²) in [7, 11) is -1.28. The maximum absolute atomic E-state index is 11.8. The number of hydrogen-bond acceptors (Lipinski definition) is 4. The summed E-state index contributed by atoms with van der Waals surface area (Å²) >= 11 is 0. The Morgan fingerprint density at radius 1 is 1.28 bits per heavy atom. The van der Waals surface area contributed by atoms with Crippen molar-refractivity contribution in [3.05, 3.63) is 24.3 Å². The molecule has 0 spiro atoms. The van der Waals surface area contributed by atoms with E-state index in [4.69, 9.17) is 5.11 Å². The zero-order chi connectivity index (χ0) is 13.8. The van der Waals surface area contributed by atoms with Crippen LogP contribution in [0.5, 0.6) is 0 Å². The molecule has 0 amide bonds. The predicted octanol–water partition coefficient (Wildman–Crippen LogP) is 1.69. The molecule has 0 saturated heterocycles. The minimum absolute atomic E-state index is 0.00287. The Morgan fingerprint density at radius 2 is 1.83 bits per heavy atom. The van der Waals surface area contributed by atoms with Crippen molar-refractivity contribution in [3.8, 4) is 0 Å². The maximum Gasteiger partial charge on any atom is 0.178 e. The number of nitrogens with zero attached hydrogens (tertiary/aromatic N) is 1. The summed E-state index contributed by atoms with van der Waals surface area (Å²) < 4.78 is 23.7. The van der Waals surface area contributed by atoms with Crippen LogP contribution in [0.3, 0.4) is 0 Å². The van der Waals surface area contributed by atoms with Gasteiger partial charge < -0.3 is 10.0 Å². The Bertz CT molecular complexity index is 468. The third-order valence-electron chi connectivity index (χ3n) is 3.00. The Labute approximate surface area is 109 Å². The van der Waals surface area contributed by atoms with Gasteiger partial charge in [0.15, 0.2) is 9.84 Å². The molecule has 1 unspecified atom stereocenters. The molecule has 1 rings (SSSR count). The SMILES string of the molecule is CCCS(=O)(=O)c1ccc(N(C)C(C)CO)cc1. The zero-order valence-corrected chi connectivity index (χ0v) is 11.9. The van der Waals surface area contributed by atoms with E-state index in [0.717, 1.165) is 5.69 Å². The van der Waals surface area contributed by atoms with E-state index in [1.807, 2.05) is 25.8 Å². The smallest absolute Gasteiger partial charge is 0.178 e. The zero-order valence-electron chi connectivity index (χ0n) is 11.1. The van der Waals surface area contributed by atoms with Gasteiger partial charge in [-0.1, -0.05) is 6.92 Å². The molecule has 0 bridgehead atoms. The predicted molar refractivity (Wildman–Crippen MR) is 73.7 cm³/mol. The molecule has 0 radical (unpaired) electrons. The number of anilines is 1. The first kappa shape index (κ1) is 15.0. The second-order valence-corrected chi connectivity index (χ2v) is 6.56. The molecule has 1 N–H and O–H groups in total. The van der Waals surface area contributed by atoms with Crippen LogP contribution in [-0.2, 0) is 9.84 Å². The van der Waals surface area contributed by atoms with Crippen molar-refractivity contribution >= 4 is 15.5 Å². The summed E-state index contributed by atoms with van der Waals surface area (Å²) in [6.07, 6.45) is 0.617. The lowest BCUT2D eigenvalue weighted by atomic mass is 10.2. The van der Waals surface area contributed by atoms with Gasteiger partial charge in [0, 0.05) is 18.8 Å². The topological polar surface area (TPSA) is 57.6 Å². The molecule has 0 aliphatic rings. The van der Waals surface area contributed by atoms with E-state index in [2.05, 4.69) is 0 Å². The molecule has 0 aromatic heterocycles. The summed E-state index contributed by atoms with van der Waals surface area (Å²) in [5.74, 6) is 0.176. The highest BCUT2D eigenvalue weighted by Crippen LogP contribution is 2.19. The fourth-order valence-corrected chi connectivity index (χ4v) is 2.98. The summed E-state index contributed by atoms with van der Waals surface area (Å²) in [6.45, 7) is 3.82. The molecule has 0 heterocycles. The van der Waals surface area contributed by atoms with Crippen LogP contribution in [0.4, 0.5) is 5.69 Å². The Hall–Kier alpha value is -1.07. The quantitative estimate of drug-likeness (QED) is 0.855. The van der Waals surface area contributed by atoms with Crippen molar-refractivity contribution in [1.29, 1.82) is 0 Å². The number of hydrogen-bond donors (Lipinski definition) is 1. The summed E-state index contributed by atoms with van der Waals surface area (Å²) in [5, 5.41) is 9.08. The third-order valence-corrected chi connectivity index (χ3v) is 4.94. The molecular weight excluding hydrogens is 250 g/mol. The minimum atomic E-state index is -3.15. The van der Waals surface area contributed by atoms with Crippen molar-refractivity contribution in [2.75, 3.05) is 24.3 Å². The number of benzene rings is 1. The molecule has 5 heteroatoms. The van der Waals surface area contributed by atoms with Gasteiger partial charge in [-0.2, -0.15) is 0 Å². The van der Waals surface area contributed by atoms with Gasteiger partial charge in [-0.3, -0.25) is 0 Å². The molecule has 0 aliphatic carbocycles. The van der Waals surface area contributed by atoms with E-state index in [9.17, 15) is 8.42 Å². The van der Waals surface area contributed by atoms with Crippen molar-refractivity contribution in [1.82, 2.24) is 0 Å². The van der Waals surface area contributed by atoms with Crippen LogP contribution in [0.2, 0.25) is 0 Å². The van der Waals surface area contributed by atoms with E-state index < -0.39 is 9.84 Å². The number of aliphatic hydroxyl groups excluding tert-OH is 1. The first-order chi connectivity index (χ1) is 8.42. The Morgan fingerprint density at radius 3 is 2.28 bits per heavy atom. The maximum atomic E-state index is 11.8. The van der Waals surface area contributed by atoms with Gasteiger partial charge in [0.05, 0.1) is 17.3 Å². The van der Waals surface area contributed by atoms with Gasteiger partial charge in [0.1, 0.15) is 0 Å². The molecular formula is C13H21NO3S. The molecule has 0 fully saturated rings. The van der Waals surface area contributed by atoms with Crippen molar-refractivity contribution in [2.45, 2.75) is 31.2 Å². The first-order valence-electron chi connectivity index (χ1n) is 6.09. The lowest BCUT2D eigenvalue weighted by Crippen LogP contribution is -2.31. The van der Waals surface area contributed by atoms with Gasteiger partial charge in [0.2, 0.25) is 0 Å². The molecule has 1 atom stereocenters. The largest absolute Gasteiger partial charge is 0.394 e. The molecule has 4 nitrogen and oxygen atoms in total. The third kappa shape index (κ3) is 3.46. The van der Waals surface area contributed by atoms with Crippen LogP contribution in [0.1, 0.15) is 20.3 Å². The average Bonchev–Trinajstić information content (AvgIpc) is 2.37. The number of sulfone groups is 1. The van der Waals surface area contributed by atoms with Gasteiger partial charge in [-0.15, -0.1) is 0 Å². The van der Waals surface area contributed by atoms with E-state index in [-0.39, 0.29) is 18.4 Å². The molecule has 1 aromatic carbocycles. The second-order valence-electron chi connectivity index (χ2n) is 4.46. The molecule has 0 aliphatic heterocycles. The van der Waals surface area contributed by atoms with Crippen molar-refractivity contribution in [2.24, 2.45) is 0 Å². The highest BCUT2D eigenvalue weighted by atomic mass is 32.2. The van der Waals surface area contributed by atoms with Crippen molar-refractivity contribution in [3.63, 3.8) is 0 Å². The van der Waals surface area contributed by atoms with Gasteiger partial charge >= 0.3 is 0 Å². The molecule has 0 saturated carbocycles. The van der Waals surface area contributed by atoms with Crippen LogP contribution in [0.25, 0.3) is 0 Å². The van der Waals surface area contributed by atoms with E-state index in [1.54, 1.807) is 24.3 Å². The van der Waals surface area contributed by atoms with Gasteiger partial charge in [0.25, 0.3) is 0 Å². The van der Waals surface area contributed by atoms with Crippen LogP contribution < -0.4 is 4.90 Å². The second kappa shape index (κ2) is 6.20.